The van der Waals surface area contributed by atoms with Crippen LogP contribution in [-0.4, -0.2) is 32.2 Å². The molecule has 0 atom stereocenters. The van der Waals surface area contributed by atoms with E-state index in [-0.39, 0.29) is 5.75 Å². The van der Waals surface area contributed by atoms with Crippen LogP contribution in [0.4, 0.5) is 5.13 Å². The summed E-state index contributed by atoms with van der Waals surface area (Å²) in [6.45, 7) is 5.23. The molecule has 1 aromatic rings. The normalized spacial score (nSPS) is 11.6. The van der Waals surface area contributed by atoms with Crippen molar-refractivity contribution in [3.8, 4) is 0 Å². The molecule has 0 radical (unpaired) electrons. The average Bonchev–Trinajstić information content (AvgIpc) is 2.58. The van der Waals surface area contributed by atoms with E-state index in [1.54, 1.807) is 6.20 Å². The molecule has 0 aliphatic rings. The molecule has 0 aromatic carbocycles. The maximum absolute atomic E-state index is 11.6. The first-order valence-electron chi connectivity index (χ1n) is 5.17. The van der Waals surface area contributed by atoms with Crippen LogP contribution in [0.5, 0.6) is 0 Å². The Balaban J connectivity index is 2.40. The first-order valence-corrected chi connectivity index (χ1v) is 7.64. The van der Waals surface area contributed by atoms with Crippen LogP contribution < -0.4 is 10.0 Å². The molecule has 0 spiro atoms. The lowest BCUT2D eigenvalue weighted by Gasteiger charge is -2.05. The van der Waals surface area contributed by atoms with Gasteiger partial charge in [0.15, 0.2) is 5.13 Å². The smallest absolute Gasteiger partial charge is 0.235 e. The zero-order chi connectivity index (χ0) is 12.0. The number of nitrogens with zero attached hydrogens (tertiary/aromatic N) is 1. The second kappa shape index (κ2) is 6.17. The number of anilines is 1. The number of aromatic nitrogens is 1. The molecule has 0 aliphatic heterocycles. The Morgan fingerprint density at radius 1 is 1.44 bits per heavy atom. The van der Waals surface area contributed by atoms with Gasteiger partial charge in [0, 0.05) is 17.6 Å². The van der Waals surface area contributed by atoms with Gasteiger partial charge in [0.05, 0.1) is 5.75 Å². The largest absolute Gasteiger partial charge is 0.316 e. The molecule has 16 heavy (non-hydrogen) atoms. The quantitative estimate of drug-likeness (QED) is 0.725. The fraction of sp³-hybridized carbons (Fsp3) is 0.667. The first kappa shape index (κ1) is 13.4. The molecule has 1 rings (SSSR count). The number of thiazole rings is 1. The Morgan fingerprint density at radius 2 is 2.19 bits per heavy atom. The van der Waals surface area contributed by atoms with Crippen LogP contribution in [0.15, 0.2) is 6.20 Å². The minimum Gasteiger partial charge on any atom is -0.316 e. The van der Waals surface area contributed by atoms with Crippen LogP contribution in [-0.2, 0) is 10.0 Å². The monoisotopic (exact) mass is 263 g/mol. The SMILES string of the molecule is CCCNCCS(=O)(=O)Nc1ncc(C)s1. The second-order valence-electron chi connectivity index (χ2n) is 3.45. The third-order valence-corrected chi connectivity index (χ3v) is 4.04. The van der Waals surface area contributed by atoms with Crippen molar-refractivity contribution < 1.29 is 8.42 Å². The first-order chi connectivity index (χ1) is 7.53. The van der Waals surface area contributed by atoms with Crippen molar-refractivity contribution in [2.75, 3.05) is 23.6 Å². The number of aryl methyl sites for hydroxylation is 1. The van der Waals surface area contributed by atoms with Gasteiger partial charge in [0.1, 0.15) is 0 Å². The zero-order valence-electron chi connectivity index (χ0n) is 9.49. The van der Waals surface area contributed by atoms with E-state index >= 15 is 0 Å². The lowest BCUT2D eigenvalue weighted by Crippen LogP contribution is -2.27. The summed E-state index contributed by atoms with van der Waals surface area (Å²) in [5.41, 5.74) is 0. The van der Waals surface area contributed by atoms with Crippen molar-refractivity contribution in [1.82, 2.24) is 10.3 Å². The summed E-state index contributed by atoms with van der Waals surface area (Å²) in [5, 5.41) is 3.48. The summed E-state index contributed by atoms with van der Waals surface area (Å²) in [4.78, 5) is 4.94. The van der Waals surface area contributed by atoms with Gasteiger partial charge in [0.25, 0.3) is 0 Å². The molecule has 0 saturated carbocycles. The molecule has 0 unspecified atom stereocenters. The Morgan fingerprint density at radius 3 is 2.75 bits per heavy atom. The Bertz CT molecular complexity index is 414. The molecule has 0 aliphatic carbocycles. The molecule has 0 saturated heterocycles. The molecule has 92 valence electrons. The number of hydrogen-bond donors (Lipinski definition) is 2. The number of rotatable bonds is 7. The maximum Gasteiger partial charge on any atom is 0.235 e. The van der Waals surface area contributed by atoms with Crippen molar-refractivity contribution in [3.63, 3.8) is 0 Å². The molecule has 0 bridgehead atoms. The predicted octanol–water partition coefficient (Wildman–Crippen LogP) is 1.19. The highest BCUT2D eigenvalue weighted by Gasteiger charge is 2.11. The van der Waals surface area contributed by atoms with E-state index in [0.717, 1.165) is 17.8 Å². The molecule has 5 nitrogen and oxygen atoms in total. The molecular weight excluding hydrogens is 246 g/mol. The third kappa shape index (κ3) is 4.91. The molecule has 1 aromatic heterocycles. The zero-order valence-corrected chi connectivity index (χ0v) is 11.1. The van der Waals surface area contributed by atoms with Crippen molar-refractivity contribution in [2.45, 2.75) is 20.3 Å². The van der Waals surface area contributed by atoms with Gasteiger partial charge >= 0.3 is 0 Å². The minimum absolute atomic E-state index is 0.0750. The Hall–Kier alpha value is -0.660. The highest BCUT2D eigenvalue weighted by atomic mass is 32.2. The summed E-state index contributed by atoms with van der Waals surface area (Å²) < 4.78 is 25.6. The van der Waals surface area contributed by atoms with Gasteiger partial charge in [-0.3, -0.25) is 4.72 Å². The third-order valence-electron chi connectivity index (χ3n) is 1.84. The van der Waals surface area contributed by atoms with Crippen LogP contribution in [0.3, 0.4) is 0 Å². The van der Waals surface area contributed by atoms with Crippen LogP contribution in [0.1, 0.15) is 18.2 Å². The number of nitrogens with one attached hydrogen (secondary N) is 2. The highest BCUT2D eigenvalue weighted by molar-refractivity contribution is 7.92. The second-order valence-corrected chi connectivity index (χ2v) is 6.52. The number of hydrogen-bond acceptors (Lipinski definition) is 5. The average molecular weight is 263 g/mol. The molecule has 0 amide bonds. The van der Waals surface area contributed by atoms with Crippen molar-refractivity contribution in [1.29, 1.82) is 0 Å². The van der Waals surface area contributed by atoms with Crippen LogP contribution >= 0.6 is 11.3 Å². The van der Waals surface area contributed by atoms with Gasteiger partial charge in [0.2, 0.25) is 10.0 Å². The minimum atomic E-state index is -3.27. The maximum atomic E-state index is 11.6. The topological polar surface area (TPSA) is 71.1 Å². The summed E-state index contributed by atoms with van der Waals surface area (Å²) >= 11 is 1.34. The molecule has 2 N–H and O–H groups in total. The lowest BCUT2D eigenvalue weighted by molar-refractivity contribution is 0.595. The van der Waals surface area contributed by atoms with E-state index < -0.39 is 10.0 Å². The fourth-order valence-electron chi connectivity index (χ4n) is 1.09. The van der Waals surface area contributed by atoms with Crippen molar-refractivity contribution >= 4 is 26.5 Å². The molecule has 1 heterocycles. The summed E-state index contributed by atoms with van der Waals surface area (Å²) in [7, 11) is -3.27. The van der Waals surface area contributed by atoms with Gasteiger partial charge < -0.3 is 5.32 Å². The van der Waals surface area contributed by atoms with Gasteiger partial charge in [-0.2, -0.15) is 0 Å². The van der Waals surface area contributed by atoms with E-state index in [2.05, 4.69) is 15.0 Å². The highest BCUT2D eigenvalue weighted by Crippen LogP contribution is 2.17. The summed E-state index contributed by atoms with van der Waals surface area (Å²) in [5.74, 6) is 0.0750. The Labute approximate surface area is 100 Å². The van der Waals surface area contributed by atoms with Crippen molar-refractivity contribution in [3.05, 3.63) is 11.1 Å². The van der Waals surface area contributed by atoms with Gasteiger partial charge in [-0.05, 0) is 19.9 Å². The summed E-state index contributed by atoms with van der Waals surface area (Å²) in [6, 6.07) is 0. The van der Waals surface area contributed by atoms with Gasteiger partial charge in [-0.25, -0.2) is 13.4 Å². The van der Waals surface area contributed by atoms with E-state index in [0.29, 0.717) is 11.7 Å². The van der Waals surface area contributed by atoms with E-state index in [4.69, 9.17) is 0 Å². The fourth-order valence-corrected chi connectivity index (χ4v) is 2.99. The van der Waals surface area contributed by atoms with Gasteiger partial charge in [-0.1, -0.05) is 6.92 Å². The van der Waals surface area contributed by atoms with E-state index in [9.17, 15) is 8.42 Å². The Kier molecular flexibility index (Phi) is 5.17. The number of sulfonamides is 1. The van der Waals surface area contributed by atoms with Gasteiger partial charge in [-0.15, -0.1) is 11.3 Å². The molecule has 0 fully saturated rings. The standard InChI is InChI=1S/C9H17N3O2S2/c1-3-4-10-5-6-16(13,14)12-9-11-7-8(2)15-9/h7,10H,3-6H2,1-2H3,(H,11,12). The van der Waals surface area contributed by atoms with Crippen LogP contribution in [0, 0.1) is 6.92 Å². The molecule has 7 heteroatoms. The summed E-state index contributed by atoms with van der Waals surface area (Å²) in [6.07, 6.45) is 2.65. The van der Waals surface area contributed by atoms with Crippen molar-refractivity contribution in [2.24, 2.45) is 0 Å². The predicted molar refractivity (Wildman–Crippen MR) is 67.4 cm³/mol. The van der Waals surface area contributed by atoms with Crippen LogP contribution in [0.25, 0.3) is 0 Å². The molecular formula is C9H17N3O2S2. The van der Waals surface area contributed by atoms with Crippen LogP contribution in [0.2, 0.25) is 0 Å². The van der Waals surface area contributed by atoms with E-state index in [1.807, 2.05) is 13.8 Å². The lowest BCUT2D eigenvalue weighted by atomic mass is 10.5. The van der Waals surface area contributed by atoms with E-state index in [1.165, 1.54) is 11.3 Å².